The van der Waals surface area contributed by atoms with E-state index in [1.807, 2.05) is 19.1 Å². The van der Waals surface area contributed by atoms with Crippen molar-refractivity contribution in [1.29, 1.82) is 0 Å². The number of aromatic nitrogens is 2. The molecule has 0 spiro atoms. The van der Waals surface area contributed by atoms with Crippen molar-refractivity contribution in [2.24, 2.45) is 0 Å². The molecule has 0 amide bonds. The van der Waals surface area contributed by atoms with Gasteiger partial charge in [-0.15, -0.1) is 0 Å². The van der Waals surface area contributed by atoms with Gasteiger partial charge in [0.2, 0.25) is 5.82 Å². The highest BCUT2D eigenvalue weighted by atomic mass is 79.9. The van der Waals surface area contributed by atoms with Crippen molar-refractivity contribution >= 4 is 21.6 Å². The van der Waals surface area contributed by atoms with E-state index in [0.717, 1.165) is 11.1 Å². The lowest BCUT2D eigenvalue weighted by Crippen LogP contribution is -1.89. The van der Waals surface area contributed by atoms with Crippen LogP contribution in [0.1, 0.15) is 5.56 Å². The van der Waals surface area contributed by atoms with E-state index >= 15 is 0 Å². The van der Waals surface area contributed by atoms with E-state index in [1.54, 1.807) is 12.1 Å². The Morgan fingerprint density at radius 1 is 1.19 bits per heavy atom. The Bertz CT molecular complexity index is 796. The lowest BCUT2D eigenvalue weighted by Gasteiger charge is -2.01. The van der Waals surface area contributed by atoms with E-state index in [2.05, 4.69) is 26.1 Å². The van der Waals surface area contributed by atoms with E-state index in [-0.39, 0.29) is 5.82 Å². The van der Waals surface area contributed by atoms with Gasteiger partial charge in [-0.25, -0.2) is 4.39 Å². The van der Waals surface area contributed by atoms with Gasteiger partial charge >= 0.3 is 0 Å². The number of hydrogen-bond acceptors (Lipinski definition) is 4. The van der Waals surface area contributed by atoms with Crippen molar-refractivity contribution in [3.05, 3.63) is 52.3 Å². The number of nitrogens with zero attached hydrogens (tertiary/aromatic N) is 2. The van der Waals surface area contributed by atoms with Gasteiger partial charge in [0.15, 0.2) is 0 Å². The first-order chi connectivity index (χ1) is 10.0. The molecule has 106 valence electrons. The van der Waals surface area contributed by atoms with Crippen LogP contribution in [0.3, 0.4) is 0 Å². The van der Waals surface area contributed by atoms with Crippen LogP contribution < -0.4 is 5.73 Å². The molecule has 1 aromatic heterocycles. The van der Waals surface area contributed by atoms with Gasteiger partial charge in [-0.2, -0.15) is 4.98 Å². The summed E-state index contributed by atoms with van der Waals surface area (Å²) in [6.45, 7) is 1.91. The van der Waals surface area contributed by atoms with Crippen LogP contribution in [0.25, 0.3) is 22.8 Å². The quantitative estimate of drug-likeness (QED) is 0.705. The highest BCUT2D eigenvalue weighted by Crippen LogP contribution is 2.27. The average Bonchev–Trinajstić information content (AvgIpc) is 2.87. The summed E-state index contributed by atoms with van der Waals surface area (Å²) < 4.78 is 19.3. The minimum atomic E-state index is -0.366. The summed E-state index contributed by atoms with van der Waals surface area (Å²) in [7, 11) is 0. The van der Waals surface area contributed by atoms with Crippen molar-refractivity contribution in [3.8, 4) is 22.8 Å². The zero-order chi connectivity index (χ0) is 15.0. The second-order valence-electron chi connectivity index (χ2n) is 4.66. The van der Waals surface area contributed by atoms with Crippen LogP contribution in [0.5, 0.6) is 0 Å². The topological polar surface area (TPSA) is 64.9 Å². The largest absolute Gasteiger partial charge is 0.399 e. The Balaban J connectivity index is 2.03. The molecule has 2 N–H and O–H groups in total. The second kappa shape index (κ2) is 5.29. The number of benzene rings is 2. The number of nitrogens with two attached hydrogens (primary N) is 1. The van der Waals surface area contributed by atoms with Crippen LogP contribution in [-0.2, 0) is 0 Å². The molecule has 0 aliphatic carbocycles. The highest BCUT2D eigenvalue weighted by molar-refractivity contribution is 9.10. The predicted octanol–water partition coefficient (Wildman–Crippen LogP) is 4.20. The maximum absolute atomic E-state index is 13.4. The average molecular weight is 348 g/mol. The third-order valence-electron chi connectivity index (χ3n) is 3.03. The molecule has 0 saturated heterocycles. The molecule has 4 nitrogen and oxygen atoms in total. The van der Waals surface area contributed by atoms with Gasteiger partial charge in [-0.05, 0) is 48.9 Å². The number of halogens is 2. The number of anilines is 1. The lowest BCUT2D eigenvalue weighted by molar-refractivity contribution is 0.432. The molecule has 0 saturated carbocycles. The fourth-order valence-corrected chi connectivity index (χ4v) is 2.53. The van der Waals surface area contributed by atoms with E-state index in [9.17, 15) is 4.39 Å². The molecule has 0 aliphatic rings. The standard InChI is InChI=1S/C15H11BrFN3O/c1-8-4-12(18)2-3-13(8)15-19-14(20-21-15)9-5-10(16)7-11(17)6-9/h2-7H,18H2,1H3. The van der Waals surface area contributed by atoms with Gasteiger partial charge in [0, 0.05) is 21.3 Å². The Morgan fingerprint density at radius 3 is 2.71 bits per heavy atom. The molecule has 0 fully saturated rings. The lowest BCUT2D eigenvalue weighted by atomic mass is 10.1. The SMILES string of the molecule is Cc1cc(N)ccc1-c1nc(-c2cc(F)cc(Br)c2)no1. The van der Waals surface area contributed by atoms with Gasteiger partial charge in [0.05, 0.1) is 0 Å². The predicted molar refractivity (Wildman–Crippen MR) is 82.0 cm³/mol. The van der Waals surface area contributed by atoms with Gasteiger partial charge in [0.25, 0.3) is 5.89 Å². The highest BCUT2D eigenvalue weighted by Gasteiger charge is 2.13. The van der Waals surface area contributed by atoms with E-state index in [0.29, 0.717) is 27.4 Å². The molecule has 0 radical (unpaired) electrons. The van der Waals surface area contributed by atoms with Crippen molar-refractivity contribution in [2.75, 3.05) is 5.73 Å². The molecular weight excluding hydrogens is 337 g/mol. The Kier molecular flexibility index (Phi) is 3.47. The summed E-state index contributed by atoms with van der Waals surface area (Å²) in [6.07, 6.45) is 0. The molecule has 0 atom stereocenters. The maximum atomic E-state index is 13.4. The smallest absolute Gasteiger partial charge is 0.258 e. The number of hydrogen-bond donors (Lipinski definition) is 1. The first-order valence-corrected chi connectivity index (χ1v) is 6.99. The maximum Gasteiger partial charge on any atom is 0.258 e. The van der Waals surface area contributed by atoms with Crippen molar-refractivity contribution < 1.29 is 8.91 Å². The molecule has 6 heteroatoms. The van der Waals surface area contributed by atoms with Crippen LogP contribution >= 0.6 is 15.9 Å². The Morgan fingerprint density at radius 2 is 2.00 bits per heavy atom. The Labute approximate surface area is 128 Å². The molecule has 3 aromatic rings. The monoisotopic (exact) mass is 347 g/mol. The minimum absolute atomic E-state index is 0.335. The molecule has 1 heterocycles. The Hall–Kier alpha value is -2.21. The zero-order valence-corrected chi connectivity index (χ0v) is 12.7. The first-order valence-electron chi connectivity index (χ1n) is 6.19. The summed E-state index contributed by atoms with van der Waals surface area (Å²) >= 11 is 3.24. The second-order valence-corrected chi connectivity index (χ2v) is 5.57. The third-order valence-corrected chi connectivity index (χ3v) is 3.49. The summed E-state index contributed by atoms with van der Waals surface area (Å²) in [5.74, 6) is 0.346. The van der Waals surface area contributed by atoms with Gasteiger partial charge < -0.3 is 10.3 Å². The third kappa shape index (κ3) is 2.80. The van der Waals surface area contributed by atoms with Crippen molar-refractivity contribution in [2.45, 2.75) is 6.92 Å². The minimum Gasteiger partial charge on any atom is -0.399 e. The van der Waals surface area contributed by atoms with Crippen LogP contribution in [-0.4, -0.2) is 10.1 Å². The van der Waals surface area contributed by atoms with Crippen molar-refractivity contribution in [1.82, 2.24) is 10.1 Å². The van der Waals surface area contributed by atoms with E-state index in [1.165, 1.54) is 12.1 Å². The van der Waals surface area contributed by atoms with E-state index in [4.69, 9.17) is 10.3 Å². The van der Waals surface area contributed by atoms with E-state index < -0.39 is 0 Å². The van der Waals surface area contributed by atoms with Gasteiger partial charge in [-0.1, -0.05) is 21.1 Å². The first kappa shape index (κ1) is 13.8. The zero-order valence-electron chi connectivity index (χ0n) is 11.1. The molecule has 0 unspecified atom stereocenters. The molecule has 21 heavy (non-hydrogen) atoms. The van der Waals surface area contributed by atoms with Crippen LogP contribution in [0, 0.1) is 12.7 Å². The molecule has 0 bridgehead atoms. The summed E-state index contributed by atoms with van der Waals surface area (Å²) in [4.78, 5) is 4.32. The van der Waals surface area contributed by atoms with Crippen molar-refractivity contribution in [3.63, 3.8) is 0 Å². The normalized spacial score (nSPS) is 10.8. The number of aryl methyl sites for hydroxylation is 1. The molecular formula is C15H11BrFN3O. The van der Waals surface area contributed by atoms with Gasteiger partial charge in [0.1, 0.15) is 5.82 Å². The fourth-order valence-electron chi connectivity index (χ4n) is 2.06. The van der Waals surface area contributed by atoms with Crippen LogP contribution in [0.4, 0.5) is 10.1 Å². The van der Waals surface area contributed by atoms with Crippen LogP contribution in [0.2, 0.25) is 0 Å². The van der Waals surface area contributed by atoms with Gasteiger partial charge in [-0.3, -0.25) is 0 Å². The summed E-state index contributed by atoms with van der Waals surface area (Å²) in [5.41, 5.74) is 8.68. The summed E-state index contributed by atoms with van der Waals surface area (Å²) in [6, 6.07) is 9.88. The number of nitrogen functional groups attached to an aromatic ring is 1. The summed E-state index contributed by atoms with van der Waals surface area (Å²) in [5, 5.41) is 3.90. The fraction of sp³-hybridized carbons (Fsp3) is 0.0667. The molecule has 0 aliphatic heterocycles. The van der Waals surface area contributed by atoms with Crippen LogP contribution in [0.15, 0.2) is 45.4 Å². The molecule has 3 rings (SSSR count). The number of rotatable bonds is 2. The molecule has 2 aromatic carbocycles.